The summed E-state index contributed by atoms with van der Waals surface area (Å²) in [7, 11) is 0. The molecule has 0 spiro atoms. The molecule has 0 aliphatic carbocycles. The Morgan fingerprint density at radius 1 is 1.09 bits per heavy atom. The number of rotatable bonds is 11. The van der Waals surface area contributed by atoms with E-state index in [1.807, 2.05) is 6.92 Å². The molecule has 0 aliphatic heterocycles. The van der Waals surface area contributed by atoms with Crippen LogP contribution in [0.2, 0.25) is 0 Å². The van der Waals surface area contributed by atoms with Crippen LogP contribution < -0.4 is 4.74 Å². The molecular formula is C26H29NO5. The van der Waals surface area contributed by atoms with Gasteiger partial charge in [-0.15, -0.1) is 0 Å². The maximum atomic E-state index is 13.2. The summed E-state index contributed by atoms with van der Waals surface area (Å²) in [6.45, 7) is -0.936. The standard InChI is InChI=1S/C26H29NO5/c1-19(8-3-6-12-25(28)29)32-24-10-5-4-9-22(24)18-27(2)26(30)21-15-13-20(14-16-21)23-11-7-17-31-23/h4-5,7,9-11,13-17,19H,3,6,8,12,18H2,1-2H3,(H,28,29)/i2D3. The third-order valence-electron chi connectivity index (χ3n) is 5.06. The molecule has 1 unspecified atom stereocenters. The summed E-state index contributed by atoms with van der Waals surface area (Å²) in [5.41, 5.74) is 1.60. The van der Waals surface area contributed by atoms with Crippen molar-refractivity contribution in [2.24, 2.45) is 0 Å². The Hall–Kier alpha value is -3.54. The van der Waals surface area contributed by atoms with E-state index in [-0.39, 0.29) is 24.6 Å². The number of carboxylic acids is 1. The van der Waals surface area contributed by atoms with Gasteiger partial charge in [-0.25, -0.2) is 0 Å². The molecule has 3 aromatic rings. The largest absolute Gasteiger partial charge is 0.490 e. The first kappa shape index (κ1) is 19.2. The van der Waals surface area contributed by atoms with Gasteiger partial charge in [-0.05, 0) is 56.5 Å². The highest BCUT2D eigenvalue weighted by molar-refractivity contribution is 5.94. The summed E-state index contributed by atoms with van der Waals surface area (Å²) in [6.07, 6.45) is 3.39. The van der Waals surface area contributed by atoms with Crippen LogP contribution in [0.25, 0.3) is 11.3 Å². The summed E-state index contributed by atoms with van der Waals surface area (Å²) in [6, 6.07) is 17.2. The lowest BCUT2D eigenvalue weighted by molar-refractivity contribution is -0.137. The number of unbranched alkanes of at least 4 members (excludes halogenated alkanes) is 1. The number of furan rings is 1. The third-order valence-corrected chi connectivity index (χ3v) is 5.06. The number of nitrogens with zero attached hydrogens (tertiary/aromatic N) is 1. The van der Waals surface area contributed by atoms with Gasteiger partial charge in [-0.2, -0.15) is 0 Å². The van der Waals surface area contributed by atoms with Crippen LogP contribution in [-0.4, -0.2) is 35.0 Å². The van der Waals surface area contributed by atoms with Crippen LogP contribution in [0.3, 0.4) is 0 Å². The summed E-state index contributed by atoms with van der Waals surface area (Å²) in [5, 5.41) is 8.77. The zero-order valence-corrected chi connectivity index (χ0v) is 18.0. The van der Waals surface area contributed by atoms with Gasteiger partial charge in [-0.1, -0.05) is 30.3 Å². The Bertz CT molecular complexity index is 1110. The zero-order chi connectivity index (χ0) is 25.4. The minimum atomic E-state index is -2.66. The van der Waals surface area contributed by atoms with Crippen molar-refractivity contribution in [3.63, 3.8) is 0 Å². The van der Waals surface area contributed by atoms with E-state index in [2.05, 4.69) is 0 Å². The van der Waals surface area contributed by atoms with Crippen molar-refractivity contribution in [2.45, 2.75) is 45.3 Å². The van der Waals surface area contributed by atoms with Gasteiger partial charge >= 0.3 is 5.97 Å². The van der Waals surface area contributed by atoms with E-state index in [1.54, 1.807) is 66.9 Å². The smallest absolute Gasteiger partial charge is 0.303 e. The van der Waals surface area contributed by atoms with E-state index in [0.717, 1.165) is 10.5 Å². The lowest BCUT2D eigenvalue weighted by Crippen LogP contribution is -2.26. The highest BCUT2D eigenvalue weighted by Gasteiger charge is 2.16. The molecule has 0 bridgehead atoms. The van der Waals surface area contributed by atoms with Gasteiger partial charge in [0, 0.05) is 40.7 Å². The van der Waals surface area contributed by atoms with Crippen LogP contribution in [0.1, 0.15) is 52.6 Å². The van der Waals surface area contributed by atoms with Gasteiger partial charge in [0.1, 0.15) is 11.5 Å². The summed E-state index contributed by atoms with van der Waals surface area (Å²) in [4.78, 5) is 24.7. The van der Waals surface area contributed by atoms with Crippen LogP contribution >= 0.6 is 0 Å². The molecule has 1 heterocycles. The zero-order valence-electron chi connectivity index (χ0n) is 21.0. The number of hydrogen-bond acceptors (Lipinski definition) is 4. The number of carbonyl (C=O) groups excluding carboxylic acids is 1. The second kappa shape index (κ2) is 11.2. The van der Waals surface area contributed by atoms with Crippen molar-refractivity contribution >= 4 is 11.9 Å². The first-order chi connectivity index (χ1) is 16.6. The van der Waals surface area contributed by atoms with Gasteiger partial charge < -0.3 is 19.2 Å². The summed E-state index contributed by atoms with van der Waals surface area (Å²) < 4.78 is 35.3. The van der Waals surface area contributed by atoms with Gasteiger partial charge in [0.2, 0.25) is 0 Å². The Balaban J connectivity index is 1.73. The van der Waals surface area contributed by atoms with E-state index < -0.39 is 18.9 Å². The lowest BCUT2D eigenvalue weighted by Gasteiger charge is -2.21. The van der Waals surface area contributed by atoms with E-state index in [1.165, 1.54) is 0 Å². The average molecular weight is 439 g/mol. The number of carbonyl (C=O) groups is 2. The Morgan fingerprint density at radius 2 is 1.88 bits per heavy atom. The molecule has 32 heavy (non-hydrogen) atoms. The first-order valence-electron chi connectivity index (χ1n) is 12.1. The maximum absolute atomic E-state index is 13.2. The Morgan fingerprint density at radius 3 is 2.56 bits per heavy atom. The molecule has 6 heteroatoms. The van der Waals surface area contributed by atoms with Crippen LogP contribution in [0.4, 0.5) is 0 Å². The fraction of sp³-hybridized carbons (Fsp3) is 0.308. The molecule has 1 aromatic heterocycles. The SMILES string of the molecule is [2H]C([2H])([2H])N(Cc1ccccc1OC(C)CCCCC(=O)O)C(=O)c1ccc(-c2ccco2)cc1. The fourth-order valence-corrected chi connectivity index (χ4v) is 3.35. The van der Waals surface area contributed by atoms with E-state index in [0.29, 0.717) is 36.3 Å². The van der Waals surface area contributed by atoms with Crippen molar-refractivity contribution in [3.05, 3.63) is 78.1 Å². The van der Waals surface area contributed by atoms with Crippen LogP contribution in [0.5, 0.6) is 5.75 Å². The molecule has 0 fully saturated rings. The quantitative estimate of drug-likeness (QED) is 0.392. The van der Waals surface area contributed by atoms with Crippen molar-refractivity contribution in [2.75, 3.05) is 6.98 Å². The third kappa shape index (κ3) is 6.48. The summed E-state index contributed by atoms with van der Waals surface area (Å²) >= 11 is 0. The van der Waals surface area contributed by atoms with Crippen molar-refractivity contribution in [1.29, 1.82) is 0 Å². The number of hydrogen-bond donors (Lipinski definition) is 1. The molecule has 1 amide bonds. The molecule has 0 aliphatic rings. The minimum Gasteiger partial charge on any atom is -0.490 e. The number of para-hydroxylation sites is 1. The normalized spacial score (nSPS) is 13.5. The van der Waals surface area contributed by atoms with Gasteiger partial charge in [-0.3, -0.25) is 9.59 Å². The molecule has 1 atom stereocenters. The molecule has 0 saturated carbocycles. The number of ether oxygens (including phenoxy) is 1. The second-order valence-electron chi connectivity index (χ2n) is 7.62. The molecule has 3 rings (SSSR count). The predicted octanol–water partition coefficient (Wildman–Crippen LogP) is 5.63. The number of amides is 1. The molecular weight excluding hydrogens is 406 g/mol. The highest BCUT2D eigenvalue weighted by Crippen LogP contribution is 2.24. The summed E-state index contributed by atoms with van der Waals surface area (Å²) in [5.74, 6) is -0.297. The van der Waals surface area contributed by atoms with Crippen LogP contribution in [-0.2, 0) is 11.3 Å². The number of carboxylic acid groups (broad SMARTS) is 1. The van der Waals surface area contributed by atoms with E-state index >= 15 is 0 Å². The van der Waals surface area contributed by atoms with Gasteiger partial charge in [0.15, 0.2) is 0 Å². The lowest BCUT2D eigenvalue weighted by atomic mass is 10.1. The molecule has 2 aromatic carbocycles. The number of benzene rings is 2. The van der Waals surface area contributed by atoms with Crippen molar-refractivity contribution < 1.29 is 28.0 Å². The van der Waals surface area contributed by atoms with E-state index in [4.69, 9.17) is 18.4 Å². The monoisotopic (exact) mass is 438 g/mol. The average Bonchev–Trinajstić information content (AvgIpc) is 3.35. The van der Waals surface area contributed by atoms with Crippen LogP contribution in [0.15, 0.2) is 71.3 Å². The molecule has 0 saturated heterocycles. The Kier molecular flexibility index (Phi) is 6.70. The maximum Gasteiger partial charge on any atom is 0.303 e. The highest BCUT2D eigenvalue weighted by atomic mass is 16.5. The Labute approximate surface area is 192 Å². The van der Waals surface area contributed by atoms with Gasteiger partial charge in [0.25, 0.3) is 5.91 Å². The fourth-order valence-electron chi connectivity index (χ4n) is 3.35. The molecule has 0 radical (unpaired) electrons. The molecule has 168 valence electrons. The van der Waals surface area contributed by atoms with Crippen molar-refractivity contribution in [1.82, 2.24) is 4.90 Å². The van der Waals surface area contributed by atoms with Crippen LogP contribution in [0, 0.1) is 0 Å². The minimum absolute atomic E-state index is 0.113. The van der Waals surface area contributed by atoms with Crippen molar-refractivity contribution in [3.8, 4) is 17.1 Å². The predicted molar refractivity (Wildman–Crippen MR) is 123 cm³/mol. The van der Waals surface area contributed by atoms with Gasteiger partial charge in [0.05, 0.1) is 12.4 Å². The topological polar surface area (TPSA) is 80.0 Å². The first-order valence-corrected chi connectivity index (χ1v) is 10.6. The molecule has 1 N–H and O–H groups in total. The van der Waals surface area contributed by atoms with E-state index in [9.17, 15) is 9.59 Å². The second-order valence-corrected chi connectivity index (χ2v) is 7.62. The number of aliphatic carboxylic acids is 1. The molecule has 6 nitrogen and oxygen atoms in total.